The molecule has 37 heavy (non-hydrogen) atoms. The van der Waals surface area contributed by atoms with Gasteiger partial charge in [-0.25, -0.2) is 9.97 Å². The molecule has 9 nitrogen and oxygen atoms in total. The number of carbonyl (C=O) groups is 2. The molecule has 9 heteroatoms. The van der Waals surface area contributed by atoms with Gasteiger partial charge < -0.3 is 20.3 Å². The molecule has 0 aliphatic rings. The highest BCUT2D eigenvalue weighted by Crippen LogP contribution is 2.33. The lowest BCUT2D eigenvalue weighted by Gasteiger charge is -2.17. The number of benzene rings is 2. The molecule has 0 fully saturated rings. The fourth-order valence-electron chi connectivity index (χ4n) is 3.84. The van der Waals surface area contributed by atoms with Gasteiger partial charge in [0.05, 0.1) is 17.6 Å². The number of aromatic nitrogens is 3. The van der Waals surface area contributed by atoms with Crippen LogP contribution in [0.3, 0.4) is 0 Å². The van der Waals surface area contributed by atoms with E-state index in [1.54, 1.807) is 30.6 Å². The highest BCUT2D eigenvalue weighted by atomic mass is 16.5. The maximum Gasteiger partial charge on any atom is 0.303 e. The van der Waals surface area contributed by atoms with Crippen molar-refractivity contribution in [2.75, 3.05) is 13.2 Å². The minimum atomic E-state index is -0.902. The van der Waals surface area contributed by atoms with Crippen LogP contribution in [0.25, 0.3) is 22.3 Å². The van der Waals surface area contributed by atoms with Crippen LogP contribution < -0.4 is 10.1 Å². The summed E-state index contributed by atoms with van der Waals surface area (Å²) >= 11 is 0. The van der Waals surface area contributed by atoms with Crippen molar-refractivity contribution < 1.29 is 24.5 Å². The van der Waals surface area contributed by atoms with Crippen LogP contribution in [0.5, 0.6) is 5.88 Å². The molecular weight excluding hydrogens is 472 g/mol. The van der Waals surface area contributed by atoms with E-state index in [1.165, 1.54) is 0 Å². The van der Waals surface area contributed by atoms with Crippen molar-refractivity contribution >= 4 is 22.9 Å². The van der Waals surface area contributed by atoms with Gasteiger partial charge in [-0.15, -0.1) is 0 Å². The van der Waals surface area contributed by atoms with E-state index in [2.05, 4.69) is 10.3 Å². The third kappa shape index (κ3) is 6.45. The predicted octanol–water partition coefficient (Wildman–Crippen LogP) is 3.96. The molecule has 1 amide bonds. The van der Waals surface area contributed by atoms with Gasteiger partial charge in [0.25, 0.3) is 5.91 Å². The number of carboxylic acids is 1. The number of hydrogen-bond acceptors (Lipinski definition) is 7. The van der Waals surface area contributed by atoms with Gasteiger partial charge in [-0.3, -0.25) is 14.6 Å². The predicted molar refractivity (Wildman–Crippen MR) is 138 cm³/mol. The normalized spacial score (nSPS) is 11.7. The molecule has 1 atom stereocenters. The van der Waals surface area contributed by atoms with E-state index < -0.39 is 5.97 Å². The van der Waals surface area contributed by atoms with E-state index in [-0.39, 0.29) is 37.3 Å². The third-order valence-corrected chi connectivity index (χ3v) is 5.83. The topological polar surface area (TPSA) is 135 Å². The number of carbonyl (C=O) groups excluding carboxylic acids is 1. The van der Waals surface area contributed by atoms with Crippen LogP contribution in [0.1, 0.15) is 47.2 Å². The summed E-state index contributed by atoms with van der Waals surface area (Å²) in [7, 11) is 0. The quantitative estimate of drug-likeness (QED) is 0.264. The van der Waals surface area contributed by atoms with Crippen LogP contribution in [0.15, 0.2) is 67.0 Å². The zero-order chi connectivity index (χ0) is 26.2. The van der Waals surface area contributed by atoms with Crippen molar-refractivity contribution in [3.8, 4) is 17.1 Å². The Morgan fingerprint density at radius 2 is 1.89 bits per heavy atom. The van der Waals surface area contributed by atoms with E-state index in [0.29, 0.717) is 40.8 Å². The lowest BCUT2D eigenvalue weighted by Crippen LogP contribution is -2.23. The molecule has 1 unspecified atom stereocenters. The molecule has 0 radical (unpaired) electrons. The molecule has 0 aliphatic carbocycles. The van der Waals surface area contributed by atoms with Gasteiger partial charge in [0.2, 0.25) is 5.88 Å². The maximum atomic E-state index is 13.0. The second kappa shape index (κ2) is 12.0. The number of aliphatic hydroxyl groups is 1. The molecular formula is C28H28N4O5. The van der Waals surface area contributed by atoms with Crippen LogP contribution in [0, 0.1) is 0 Å². The minimum absolute atomic E-state index is 0.0267. The van der Waals surface area contributed by atoms with Crippen LogP contribution in [-0.4, -0.2) is 50.3 Å². The Balaban J connectivity index is 1.75. The highest BCUT2D eigenvalue weighted by Gasteiger charge is 2.20. The molecule has 0 spiro atoms. The molecule has 0 aliphatic heterocycles. The van der Waals surface area contributed by atoms with Crippen molar-refractivity contribution in [1.29, 1.82) is 0 Å². The minimum Gasteiger partial charge on any atom is -0.481 e. The first-order valence-electron chi connectivity index (χ1n) is 12.0. The first-order valence-corrected chi connectivity index (χ1v) is 12.0. The summed E-state index contributed by atoms with van der Waals surface area (Å²) in [5.74, 6) is -1.25. The van der Waals surface area contributed by atoms with Crippen molar-refractivity contribution in [2.45, 2.75) is 32.2 Å². The summed E-state index contributed by atoms with van der Waals surface area (Å²) in [6.45, 7) is 2.18. The standard InChI is InChI=1S/C28H28N4O5/c1-18(17-33)22-13-21(27(36)30-16-19-7-5-11-29-15-19)14-23-26(22)32-25(20-8-3-2-4-9-20)28(31-23)37-12-6-10-24(34)35/h2-5,7-9,11,13-15,18,33H,6,10,12,16-17H2,1H3,(H,30,36)(H,34,35). The molecule has 4 aromatic rings. The Morgan fingerprint density at radius 1 is 1.08 bits per heavy atom. The van der Waals surface area contributed by atoms with Crippen LogP contribution in [-0.2, 0) is 11.3 Å². The van der Waals surface area contributed by atoms with Crippen molar-refractivity contribution in [3.05, 3.63) is 83.7 Å². The van der Waals surface area contributed by atoms with Gasteiger partial charge in [0.1, 0.15) is 5.69 Å². The zero-order valence-electron chi connectivity index (χ0n) is 20.4. The number of amides is 1. The molecule has 2 aromatic heterocycles. The van der Waals surface area contributed by atoms with Crippen LogP contribution in [0.2, 0.25) is 0 Å². The third-order valence-electron chi connectivity index (χ3n) is 5.83. The van der Waals surface area contributed by atoms with Gasteiger partial charge in [-0.1, -0.05) is 43.3 Å². The number of pyridine rings is 1. The number of nitrogens with zero attached hydrogens (tertiary/aromatic N) is 3. The fourth-order valence-corrected chi connectivity index (χ4v) is 3.84. The van der Waals surface area contributed by atoms with E-state index in [1.807, 2.05) is 43.3 Å². The summed E-state index contributed by atoms with van der Waals surface area (Å²) in [6, 6.07) is 16.5. The van der Waals surface area contributed by atoms with Crippen LogP contribution in [0.4, 0.5) is 0 Å². The van der Waals surface area contributed by atoms with Crippen molar-refractivity contribution in [1.82, 2.24) is 20.3 Å². The number of nitrogens with one attached hydrogen (secondary N) is 1. The first kappa shape index (κ1) is 25.7. The molecule has 2 aromatic carbocycles. The highest BCUT2D eigenvalue weighted by molar-refractivity contribution is 5.98. The summed E-state index contributed by atoms with van der Waals surface area (Å²) in [5, 5.41) is 21.8. The lowest BCUT2D eigenvalue weighted by atomic mass is 9.97. The second-order valence-corrected chi connectivity index (χ2v) is 8.65. The maximum absolute atomic E-state index is 13.0. The number of aliphatic hydroxyl groups excluding tert-OH is 1. The Labute approximate surface area is 214 Å². The number of carboxylic acid groups (broad SMARTS) is 1. The van der Waals surface area contributed by atoms with Gasteiger partial charge in [-0.05, 0) is 35.7 Å². The number of rotatable bonds is 11. The number of fused-ring (bicyclic) bond motifs is 1. The summed E-state index contributed by atoms with van der Waals surface area (Å²) in [4.78, 5) is 37.6. The molecule has 0 bridgehead atoms. The fraction of sp³-hybridized carbons (Fsp3) is 0.250. The van der Waals surface area contributed by atoms with E-state index in [0.717, 1.165) is 11.1 Å². The first-order chi connectivity index (χ1) is 18.0. The Hall–Kier alpha value is -4.37. The van der Waals surface area contributed by atoms with E-state index >= 15 is 0 Å². The Kier molecular flexibility index (Phi) is 8.37. The Bertz CT molecular complexity index is 1380. The molecule has 2 heterocycles. The van der Waals surface area contributed by atoms with Crippen LogP contribution >= 0.6 is 0 Å². The Morgan fingerprint density at radius 3 is 2.59 bits per heavy atom. The molecule has 190 valence electrons. The number of ether oxygens (including phenoxy) is 1. The smallest absolute Gasteiger partial charge is 0.303 e. The summed E-state index contributed by atoms with van der Waals surface area (Å²) < 4.78 is 5.89. The average molecular weight is 501 g/mol. The largest absolute Gasteiger partial charge is 0.481 e. The van der Waals surface area contributed by atoms with Crippen molar-refractivity contribution in [3.63, 3.8) is 0 Å². The number of aliphatic carboxylic acids is 1. The second-order valence-electron chi connectivity index (χ2n) is 8.65. The van der Waals surface area contributed by atoms with Gasteiger partial charge in [0, 0.05) is 49.0 Å². The molecule has 4 rings (SSSR count). The number of hydrogen-bond donors (Lipinski definition) is 3. The summed E-state index contributed by atoms with van der Waals surface area (Å²) in [6.07, 6.45) is 3.64. The van der Waals surface area contributed by atoms with E-state index in [4.69, 9.17) is 19.8 Å². The van der Waals surface area contributed by atoms with Gasteiger partial charge >= 0.3 is 5.97 Å². The van der Waals surface area contributed by atoms with Gasteiger partial charge in [-0.2, -0.15) is 0 Å². The molecule has 0 saturated heterocycles. The molecule has 0 saturated carbocycles. The summed E-state index contributed by atoms with van der Waals surface area (Å²) in [5.41, 5.74) is 4.22. The lowest BCUT2D eigenvalue weighted by molar-refractivity contribution is -0.137. The van der Waals surface area contributed by atoms with E-state index in [9.17, 15) is 14.7 Å². The average Bonchev–Trinajstić information content (AvgIpc) is 2.93. The van der Waals surface area contributed by atoms with Crippen molar-refractivity contribution in [2.24, 2.45) is 0 Å². The molecule has 3 N–H and O–H groups in total. The monoisotopic (exact) mass is 500 g/mol. The van der Waals surface area contributed by atoms with Gasteiger partial charge in [0.15, 0.2) is 0 Å². The SMILES string of the molecule is CC(CO)c1cc(C(=O)NCc2cccnc2)cc2nc(OCCCC(=O)O)c(-c3ccccc3)nc12. The zero-order valence-corrected chi connectivity index (χ0v) is 20.4.